The predicted octanol–water partition coefficient (Wildman–Crippen LogP) is 3.50. The zero-order valence-electron chi connectivity index (χ0n) is 15.4. The number of benzene rings is 1. The van der Waals surface area contributed by atoms with E-state index in [-0.39, 0.29) is 0 Å². The van der Waals surface area contributed by atoms with Crippen molar-refractivity contribution in [2.75, 3.05) is 7.04 Å². The highest BCUT2D eigenvalue weighted by Gasteiger charge is 2.66. The Bertz CT molecular complexity index is 752. The summed E-state index contributed by atoms with van der Waals surface area (Å²) in [6, 6.07) is 1.34. The molecule has 24 heavy (non-hydrogen) atoms. The molecular formula is C15H15F5O4. The lowest BCUT2D eigenvalue weighted by molar-refractivity contribution is -0.273. The van der Waals surface area contributed by atoms with Crippen LogP contribution in [0.25, 0.3) is 0 Å². The number of halogens is 5. The van der Waals surface area contributed by atoms with E-state index in [0.29, 0.717) is 13.0 Å². The van der Waals surface area contributed by atoms with Gasteiger partial charge in [-0.15, -0.1) is 0 Å². The van der Waals surface area contributed by atoms with Gasteiger partial charge < -0.3 is 14.6 Å². The van der Waals surface area contributed by atoms with Crippen LogP contribution >= 0.6 is 0 Å². The normalized spacial score (nSPS) is 32.8. The molecule has 9 heteroatoms. The molecule has 1 aromatic carbocycles. The van der Waals surface area contributed by atoms with Crippen molar-refractivity contribution in [2.24, 2.45) is 5.92 Å². The van der Waals surface area contributed by atoms with Gasteiger partial charge in [0.25, 0.3) is 0 Å². The molecule has 1 aliphatic rings. The molecule has 0 amide bonds. The summed E-state index contributed by atoms with van der Waals surface area (Å²) < 4.78 is 98.5. The van der Waals surface area contributed by atoms with Gasteiger partial charge in [0.05, 0.1) is 11.2 Å². The standard InChI is InChI=1S/C15H15F5O4/c1-6-9(7-4-5-8(16)10(17)11(7)23-3)12(13(21)22)24-14(6,2)15(18,19)20/h4-6,9,12H,1-3H3,(H,21,22)/t6-,9-,12+,14+/m0/s1/i3D3. The van der Waals surface area contributed by atoms with Crippen molar-refractivity contribution in [2.45, 2.75) is 37.6 Å². The van der Waals surface area contributed by atoms with E-state index in [1.54, 1.807) is 0 Å². The predicted molar refractivity (Wildman–Crippen MR) is 71.8 cm³/mol. The Morgan fingerprint density at radius 3 is 2.54 bits per heavy atom. The molecule has 0 aliphatic carbocycles. The van der Waals surface area contributed by atoms with E-state index in [2.05, 4.69) is 4.74 Å². The van der Waals surface area contributed by atoms with Crippen LogP contribution in [-0.4, -0.2) is 36.0 Å². The average Bonchev–Trinajstić information content (AvgIpc) is 2.77. The number of ether oxygens (including phenoxy) is 2. The molecule has 1 heterocycles. The van der Waals surface area contributed by atoms with Gasteiger partial charge in [0.1, 0.15) is 0 Å². The van der Waals surface area contributed by atoms with Crippen LogP contribution < -0.4 is 4.74 Å². The Morgan fingerprint density at radius 1 is 1.42 bits per heavy atom. The zero-order valence-corrected chi connectivity index (χ0v) is 12.4. The Labute approximate surface area is 138 Å². The first kappa shape index (κ1) is 14.4. The molecule has 2 rings (SSSR count). The summed E-state index contributed by atoms with van der Waals surface area (Å²) in [4.78, 5) is 11.5. The van der Waals surface area contributed by atoms with Crippen LogP contribution in [0.15, 0.2) is 12.1 Å². The van der Waals surface area contributed by atoms with E-state index in [4.69, 9.17) is 8.85 Å². The smallest absolute Gasteiger partial charge is 0.417 e. The highest BCUT2D eigenvalue weighted by atomic mass is 19.4. The molecule has 0 radical (unpaired) electrons. The Hall–Kier alpha value is -1.90. The highest BCUT2D eigenvalue weighted by Crippen LogP contribution is 2.54. The monoisotopic (exact) mass is 357 g/mol. The Kier molecular flexibility index (Phi) is 3.53. The van der Waals surface area contributed by atoms with Crippen LogP contribution in [0.3, 0.4) is 0 Å². The second-order valence-electron chi connectivity index (χ2n) is 5.68. The minimum Gasteiger partial charge on any atom is -0.493 e. The van der Waals surface area contributed by atoms with Crippen molar-refractivity contribution in [1.29, 1.82) is 0 Å². The summed E-state index contributed by atoms with van der Waals surface area (Å²) in [5.74, 6) is -9.43. The molecule has 1 N–H and O–H groups in total. The minimum absolute atomic E-state index is 0.544. The fourth-order valence-electron chi connectivity index (χ4n) is 2.92. The van der Waals surface area contributed by atoms with Crippen molar-refractivity contribution >= 4 is 5.97 Å². The van der Waals surface area contributed by atoms with Crippen LogP contribution in [0, 0.1) is 17.6 Å². The van der Waals surface area contributed by atoms with Gasteiger partial charge in [0.15, 0.2) is 23.3 Å². The molecule has 1 saturated heterocycles. The second-order valence-corrected chi connectivity index (χ2v) is 5.68. The topological polar surface area (TPSA) is 55.8 Å². The highest BCUT2D eigenvalue weighted by molar-refractivity contribution is 5.75. The van der Waals surface area contributed by atoms with Crippen molar-refractivity contribution in [3.8, 4) is 5.75 Å². The van der Waals surface area contributed by atoms with Crippen LogP contribution in [0.4, 0.5) is 22.0 Å². The van der Waals surface area contributed by atoms with Crippen molar-refractivity contribution in [3.05, 3.63) is 29.3 Å². The first-order chi connectivity index (χ1) is 12.1. The largest absolute Gasteiger partial charge is 0.493 e. The number of hydrogen-bond acceptors (Lipinski definition) is 3. The molecule has 1 aliphatic heterocycles. The van der Waals surface area contributed by atoms with E-state index in [1.807, 2.05) is 0 Å². The summed E-state index contributed by atoms with van der Waals surface area (Å²) in [7, 11) is -3.25. The summed E-state index contributed by atoms with van der Waals surface area (Å²) in [5.41, 5.74) is -3.46. The number of methoxy groups -OCH3 is 1. The maximum Gasteiger partial charge on any atom is 0.417 e. The molecule has 0 aromatic heterocycles. The van der Waals surface area contributed by atoms with Gasteiger partial charge in [-0.25, -0.2) is 9.18 Å². The third kappa shape index (κ3) is 2.60. The van der Waals surface area contributed by atoms with Gasteiger partial charge in [-0.3, -0.25) is 0 Å². The van der Waals surface area contributed by atoms with Gasteiger partial charge in [0.2, 0.25) is 5.82 Å². The molecular weight excluding hydrogens is 339 g/mol. The summed E-state index contributed by atoms with van der Waals surface area (Å²) in [5, 5.41) is 9.30. The van der Waals surface area contributed by atoms with E-state index < -0.39 is 65.7 Å². The Morgan fingerprint density at radius 2 is 2.04 bits per heavy atom. The zero-order chi connectivity index (χ0) is 20.9. The second kappa shape index (κ2) is 5.87. The van der Waals surface area contributed by atoms with Crippen molar-refractivity contribution < 1.29 is 45.4 Å². The summed E-state index contributed by atoms with van der Waals surface area (Å²) >= 11 is 0. The van der Waals surface area contributed by atoms with E-state index in [9.17, 15) is 31.9 Å². The molecule has 0 saturated carbocycles. The molecule has 1 fully saturated rings. The van der Waals surface area contributed by atoms with E-state index in [0.717, 1.165) is 13.0 Å². The van der Waals surface area contributed by atoms with Gasteiger partial charge in [-0.1, -0.05) is 13.0 Å². The maximum absolute atomic E-state index is 14.2. The first-order valence-electron chi connectivity index (χ1n) is 8.24. The number of carbonyl (C=O) groups is 1. The lowest BCUT2D eigenvalue weighted by Crippen LogP contribution is -2.47. The molecule has 0 bridgehead atoms. The number of alkyl halides is 3. The van der Waals surface area contributed by atoms with Crippen LogP contribution in [0.1, 0.15) is 29.4 Å². The van der Waals surface area contributed by atoms with Crippen LogP contribution in [-0.2, 0) is 9.53 Å². The number of rotatable bonds is 3. The number of hydrogen-bond donors (Lipinski definition) is 1. The summed E-state index contributed by atoms with van der Waals surface area (Å²) in [6.45, 7) is 1.67. The molecule has 4 nitrogen and oxygen atoms in total. The quantitative estimate of drug-likeness (QED) is 0.842. The minimum atomic E-state index is -4.97. The molecule has 1 aromatic rings. The SMILES string of the molecule is [2H]C([2H])([2H])Oc1c([C@H]2[C@H](C(=O)O)O[C@@](C)(C(F)(F)F)[C@H]2C)ccc(F)c1F. The molecule has 134 valence electrons. The van der Waals surface area contributed by atoms with Crippen molar-refractivity contribution in [3.63, 3.8) is 0 Å². The van der Waals surface area contributed by atoms with Gasteiger partial charge >= 0.3 is 12.1 Å². The number of aliphatic carboxylic acids is 1. The van der Waals surface area contributed by atoms with E-state index in [1.165, 1.54) is 0 Å². The van der Waals surface area contributed by atoms with Crippen molar-refractivity contribution in [1.82, 2.24) is 0 Å². The molecule has 0 spiro atoms. The number of carboxylic acids is 1. The van der Waals surface area contributed by atoms with Gasteiger partial charge in [-0.05, 0) is 13.0 Å². The maximum atomic E-state index is 14.2. The first-order valence-corrected chi connectivity index (χ1v) is 6.74. The number of carboxylic acid groups (broad SMARTS) is 1. The fourth-order valence-corrected chi connectivity index (χ4v) is 2.92. The van der Waals surface area contributed by atoms with Crippen LogP contribution in [0.5, 0.6) is 5.75 Å². The average molecular weight is 357 g/mol. The lowest BCUT2D eigenvalue weighted by Gasteiger charge is -2.31. The lowest BCUT2D eigenvalue weighted by atomic mass is 9.77. The Balaban J connectivity index is 2.68. The van der Waals surface area contributed by atoms with E-state index >= 15 is 0 Å². The molecule has 4 atom stereocenters. The fraction of sp³-hybridized carbons (Fsp3) is 0.533. The van der Waals surface area contributed by atoms with Gasteiger partial charge in [0, 0.05) is 17.4 Å². The third-order valence-electron chi connectivity index (χ3n) is 4.45. The van der Waals surface area contributed by atoms with Gasteiger partial charge in [-0.2, -0.15) is 17.6 Å². The third-order valence-corrected chi connectivity index (χ3v) is 4.45. The summed E-state index contributed by atoms with van der Waals surface area (Å²) in [6.07, 6.45) is -7.06. The molecule has 0 unspecified atom stereocenters. The van der Waals surface area contributed by atoms with Crippen LogP contribution in [0.2, 0.25) is 0 Å².